The van der Waals surface area contributed by atoms with Crippen LogP contribution in [0.5, 0.6) is 0 Å². The maximum Gasteiger partial charge on any atom is 0.262 e. The van der Waals surface area contributed by atoms with Gasteiger partial charge in [-0.05, 0) is 36.8 Å². The molecule has 156 valence electrons. The summed E-state index contributed by atoms with van der Waals surface area (Å²) in [5.74, 6) is 0.855. The summed E-state index contributed by atoms with van der Waals surface area (Å²) < 4.78 is 41.0. The van der Waals surface area contributed by atoms with Gasteiger partial charge in [0.2, 0.25) is 5.95 Å². The van der Waals surface area contributed by atoms with Crippen molar-refractivity contribution >= 4 is 27.5 Å². The fraction of sp³-hybridized carbons (Fsp3) is 0.250. The number of hydrogen-bond donors (Lipinski definition) is 1. The summed E-state index contributed by atoms with van der Waals surface area (Å²) in [7, 11) is -3.94. The first-order chi connectivity index (χ1) is 14.4. The Morgan fingerprint density at radius 3 is 2.33 bits per heavy atom. The summed E-state index contributed by atoms with van der Waals surface area (Å²) in [6.45, 7) is 4.63. The average Bonchev–Trinajstić information content (AvgIpc) is 2.76. The molecular formula is C20H21FN6O2S. The fourth-order valence-corrected chi connectivity index (χ4v) is 4.57. The Balaban J connectivity index is 1.42. The highest BCUT2D eigenvalue weighted by molar-refractivity contribution is 7.92. The van der Waals surface area contributed by atoms with Crippen molar-refractivity contribution in [2.75, 3.05) is 40.7 Å². The van der Waals surface area contributed by atoms with Gasteiger partial charge in [-0.15, -0.1) is 0 Å². The normalized spacial score (nSPS) is 14.6. The summed E-state index contributed by atoms with van der Waals surface area (Å²) in [5.41, 5.74) is 0.668. The molecular weight excluding hydrogens is 407 g/mol. The lowest BCUT2D eigenvalue weighted by Crippen LogP contribution is -2.47. The molecule has 4 rings (SSSR count). The van der Waals surface area contributed by atoms with Gasteiger partial charge >= 0.3 is 0 Å². The Labute approximate surface area is 174 Å². The topological polar surface area (TPSA) is 91.3 Å². The Bertz CT molecular complexity index is 1120. The molecule has 0 radical (unpaired) electrons. The SMILES string of the molecule is Cc1ccc(F)cc1S(=O)(=O)Nc1cnc(N2CCN(c3ccccn3)CC2)nc1. The molecule has 10 heteroatoms. The first-order valence-corrected chi connectivity index (χ1v) is 10.9. The van der Waals surface area contributed by atoms with Gasteiger partial charge in [-0.3, -0.25) is 4.72 Å². The quantitative estimate of drug-likeness (QED) is 0.667. The number of halogens is 1. The zero-order valence-electron chi connectivity index (χ0n) is 16.4. The summed E-state index contributed by atoms with van der Waals surface area (Å²) in [5, 5.41) is 0. The lowest BCUT2D eigenvalue weighted by molar-refractivity contribution is 0.594. The van der Waals surface area contributed by atoms with Gasteiger partial charge in [0, 0.05) is 32.4 Å². The number of anilines is 3. The number of benzene rings is 1. The second kappa shape index (κ2) is 8.23. The van der Waals surface area contributed by atoms with E-state index in [9.17, 15) is 12.8 Å². The van der Waals surface area contributed by atoms with Gasteiger partial charge in [0.05, 0.1) is 23.0 Å². The van der Waals surface area contributed by atoms with Crippen LogP contribution in [0.2, 0.25) is 0 Å². The lowest BCUT2D eigenvalue weighted by atomic mass is 10.2. The molecule has 1 aromatic carbocycles. The smallest absolute Gasteiger partial charge is 0.262 e. The minimum Gasteiger partial charge on any atom is -0.353 e. The third kappa shape index (κ3) is 4.33. The number of hydrogen-bond acceptors (Lipinski definition) is 7. The van der Waals surface area contributed by atoms with Crippen LogP contribution in [0.25, 0.3) is 0 Å². The number of aromatic nitrogens is 3. The number of pyridine rings is 1. The lowest BCUT2D eigenvalue weighted by Gasteiger charge is -2.35. The van der Waals surface area contributed by atoms with Crippen LogP contribution in [0.4, 0.5) is 21.8 Å². The van der Waals surface area contributed by atoms with E-state index in [2.05, 4.69) is 24.6 Å². The zero-order valence-corrected chi connectivity index (χ0v) is 17.2. The Morgan fingerprint density at radius 1 is 0.967 bits per heavy atom. The molecule has 1 saturated heterocycles. The minimum atomic E-state index is -3.94. The number of sulfonamides is 1. The van der Waals surface area contributed by atoms with Gasteiger partial charge in [-0.2, -0.15) is 0 Å². The van der Waals surface area contributed by atoms with Crippen LogP contribution in [-0.4, -0.2) is 49.5 Å². The molecule has 8 nitrogen and oxygen atoms in total. The van der Waals surface area contributed by atoms with Crippen molar-refractivity contribution in [3.8, 4) is 0 Å². The minimum absolute atomic E-state index is 0.114. The van der Waals surface area contributed by atoms with Crippen molar-refractivity contribution in [3.05, 3.63) is 66.4 Å². The molecule has 1 aliphatic heterocycles. The van der Waals surface area contributed by atoms with Crippen molar-refractivity contribution in [2.45, 2.75) is 11.8 Å². The number of piperazine rings is 1. The maximum atomic E-state index is 13.5. The predicted octanol–water partition coefficient (Wildman–Crippen LogP) is 2.45. The van der Waals surface area contributed by atoms with Crippen LogP contribution in [0, 0.1) is 12.7 Å². The highest BCUT2D eigenvalue weighted by Gasteiger charge is 2.21. The second-order valence-corrected chi connectivity index (χ2v) is 8.60. The average molecular weight is 428 g/mol. The summed E-state index contributed by atoms with van der Waals surface area (Å²) in [6.07, 6.45) is 4.61. The van der Waals surface area contributed by atoms with Crippen LogP contribution >= 0.6 is 0 Å². The molecule has 0 atom stereocenters. The molecule has 1 N–H and O–H groups in total. The van der Waals surface area contributed by atoms with E-state index in [1.807, 2.05) is 23.1 Å². The van der Waals surface area contributed by atoms with E-state index >= 15 is 0 Å². The summed E-state index contributed by atoms with van der Waals surface area (Å²) in [6, 6.07) is 9.47. The van der Waals surface area contributed by atoms with E-state index in [1.54, 1.807) is 13.1 Å². The van der Waals surface area contributed by atoms with Gasteiger partial charge in [0.15, 0.2) is 0 Å². The monoisotopic (exact) mass is 428 g/mol. The van der Waals surface area contributed by atoms with Crippen molar-refractivity contribution in [1.29, 1.82) is 0 Å². The maximum absolute atomic E-state index is 13.5. The molecule has 3 aromatic rings. The summed E-state index contributed by atoms with van der Waals surface area (Å²) >= 11 is 0. The second-order valence-electron chi connectivity index (χ2n) is 6.95. The molecule has 1 aliphatic rings. The van der Waals surface area contributed by atoms with E-state index in [0.29, 0.717) is 11.5 Å². The molecule has 3 heterocycles. The molecule has 0 amide bonds. The molecule has 2 aromatic heterocycles. The first-order valence-electron chi connectivity index (χ1n) is 9.44. The van der Waals surface area contributed by atoms with E-state index in [4.69, 9.17) is 0 Å². The number of nitrogens with one attached hydrogen (secondary N) is 1. The van der Waals surface area contributed by atoms with Crippen molar-refractivity contribution in [2.24, 2.45) is 0 Å². The van der Waals surface area contributed by atoms with Crippen molar-refractivity contribution in [1.82, 2.24) is 15.0 Å². The van der Waals surface area contributed by atoms with Crippen molar-refractivity contribution in [3.63, 3.8) is 0 Å². The van der Waals surface area contributed by atoms with Crippen LogP contribution < -0.4 is 14.5 Å². The van der Waals surface area contributed by atoms with Gasteiger partial charge in [0.25, 0.3) is 10.0 Å². The first kappa shape index (κ1) is 20.0. The van der Waals surface area contributed by atoms with Crippen LogP contribution in [-0.2, 0) is 10.0 Å². The van der Waals surface area contributed by atoms with Gasteiger partial charge in [-0.25, -0.2) is 27.8 Å². The molecule has 30 heavy (non-hydrogen) atoms. The van der Waals surface area contributed by atoms with Crippen LogP contribution in [0.1, 0.15) is 5.56 Å². The summed E-state index contributed by atoms with van der Waals surface area (Å²) in [4.78, 5) is 17.1. The number of nitrogens with zero attached hydrogens (tertiary/aromatic N) is 5. The Kier molecular flexibility index (Phi) is 5.49. The molecule has 0 unspecified atom stereocenters. The third-order valence-corrected chi connectivity index (χ3v) is 6.39. The molecule has 0 spiro atoms. The van der Waals surface area contributed by atoms with E-state index in [1.165, 1.54) is 24.5 Å². The molecule has 1 fully saturated rings. The van der Waals surface area contributed by atoms with E-state index in [-0.39, 0.29) is 10.6 Å². The van der Waals surface area contributed by atoms with Gasteiger partial charge in [-0.1, -0.05) is 12.1 Å². The Morgan fingerprint density at radius 2 is 1.67 bits per heavy atom. The van der Waals surface area contributed by atoms with E-state index < -0.39 is 15.8 Å². The fourth-order valence-electron chi connectivity index (χ4n) is 3.29. The largest absolute Gasteiger partial charge is 0.353 e. The van der Waals surface area contributed by atoms with Crippen LogP contribution in [0.3, 0.4) is 0 Å². The molecule has 0 aliphatic carbocycles. The number of rotatable bonds is 5. The zero-order chi connectivity index (χ0) is 21.1. The van der Waals surface area contributed by atoms with Crippen molar-refractivity contribution < 1.29 is 12.8 Å². The van der Waals surface area contributed by atoms with Gasteiger partial charge < -0.3 is 9.80 Å². The Hall–Kier alpha value is -3.27. The highest BCUT2D eigenvalue weighted by atomic mass is 32.2. The highest BCUT2D eigenvalue weighted by Crippen LogP contribution is 2.21. The molecule has 0 saturated carbocycles. The standard InChI is InChI=1S/C20H21FN6O2S/c1-15-5-6-16(21)12-18(15)30(28,29)25-17-13-23-20(24-14-17)27-10-8-26(9-11-27)19-4-2-3-7-22-19/h2-7,12-14,25H,8-11H2,1H3. The van der Waals surface area contributed by atoms with E-state index in [0.717, 1.165) is 38.1 Å². The third-order valence-electron chi connectivity index (χ3n) is 4.87. The molecule has 0 bridgehead atoms. The number of aryl methyl sites for hydroxylation is 1. The van der Waals surface area contributed by atoms with Gasteiger partial charge in [0.1, 0.15) is 11.6 Å². The van der Waals surface area contributed by atoms with Crippen LogP contribution in [0.15, 0.2) is 59.9 Å². The predicted molar refractivity (Wildman–Crippen MR) is 113 cm³/mol.